The maximum Gasteiger partial charge on any atom is 0.305 e. The Balaban J connectivity index is 2.10. The maximum absolute atomic E-state index is 11.7. The first kappa shape index (κ1) is 25.1. The van der Waals surface area contributed by atoms with Crippen molar-refractivity contribution < 1.29 is 9.90 Å². The van der Waals surface area contributed by atoms with Crippen LogP contribution >= 0.6 is 23.2 Å². The number of carboxylic acid groups (broad SMARTS) is 1. The van der Waals surface area contributed by atoms with E-state index in [0.717, 1.165) is 5.56 Å². The molecule has 176 valence electrons. The molecule has 0 fully saturated rings. The van der Waals surface area contributed by atoms with Gasteiger partial charge in [-0.1, -0.05) is 67.4 Å². The van der Waals surface area contributed by atoms with Gasteiger partial charge in [0.05, 0.1) is 28.0 Å². The lowest BCUT2D eigenvalue weighted by atomic mass is 9.96. The van der Waals surface area contributed by atoms with Gasteiger partial charge in [-0.25, -0.2) is 4.68 Å². The molecule has 33 heavy (non-hydrogen) atoms. The number of nitrogens with one attached hydrogen (secondary N) is 1. The van der Waals surface area contributed by atoms with Crippen LogP contribution in [0.25, 0.3) is 0 Å². The Morgan fingerprint density at radius 3 is 2.18 bits per heavy atom. The number of hydrogen-bond acceptors (Lipinski definition) is 5. The van der Waals surface area contributed by atoms with Crippen LogP contribution in [0.3, 0.4) is 0 Å². The van der Waals surface area contributed by atoms with Crippen molar-refractivity contribution in [2.24, 2.45) is 0 Å². The van der Waals surface area contributed by atoms with Crippen LogP contribution in [0.5, 0.6) is 0 Å². The van der Waals surface area contributed by atoms with E-state index in [1.165, 1.54) is 5.56 Å². The fraction of sp³-hybridized carbons (Fsp3) is 0.417. The molecule has 0 aliphatic heterocycles. The van der Waals surface area contributed by atoms with Crippen LogP contribution in [-0.4, -0.2) is 31.3 Å². The second-order valence-electron chi connectivity index (χ2n) is 9.36. The predicted molar refractivity (Wildman–Crippen MR) is 130 cm³/mol. The minimum Gasteiger partial charge on any atom is -0.481 e. The van der Waals surface area contributed by atoms with Gasteiger partial charge >= 0.3 is 5.97 Å². The molecule has 7 nitrogen and oxygen atoms in total. The van der Waals surface area contributed by atoms with Crippen LogP contribution in [0.2, 0.25) is 10.0 Å². The largest absolute Gasteiger partial charge is 0.481 e. The number of benzene rings is 2. The zero-order valence-corrected chi connectivity index (χ0v) is 20.9. The fourth-order valence-corrected chi connectivity index (χ4v) is 3.93. The highest BCUT2D eigenvalue weighted by Crippen LogP contribution is 2.32. The number of aromatic nitrogens is 4. The molecule has 9 heteroatoms. The van der Waals surface area contributed by atoms with Crippen molar-refractivity contribution in [2.75, 3.05) is 0 Å². The van der Waals surface area contributed by atoms with Gasteiger partial charge in [0.2, 0.25) is 0 Å². The molecule has 0 bridgehead atoms. The number of aliphatic carboxylic acids is 1. The number of hydrogen-bond donors (Lipinski definition) is 2. The molecule has 2 aromatic carbocycles. The second kappa shape index (κ2) is 10.2. The SMILES string of the molecule is CC(C)c1ccc(C(NC(CC(=O)O)c2ccc(Cl)c(Cl)c2)c2nnnn2C(C)(C)C)cc1. The number of tetrazole rings is 1. The topological polar surface area (TPSA) is 92.9 Å². The Morgan fingerprint density at radius 2 is 1.64 bits per heavy atom. The highest BCUT2D eigenvalue weighted by atomic mass is 35.5. The first-order valence-corrected chi connectivity index (χ1v) is 11.5. The average Bonchev–Trinajstić information content (AvgIpc) is 3.23. The molecule has 1 heterocycles. The standard InChI is InChI=1S/C24H29Cl2N5O2/c1-14(2)15-6-8-16(9-7-15)22(23-28-29-30-31(23)24(3,4)5)27-20(13-21(32)33)17-10-11-18(25)19(26)12-17/h6-12,14,20,22,27H,13H2,1-5H3,(H,32,33). The molecule has 0 saturated heterocycles. The van der Waals surface area contributed by atoms with Crippen LogP contribution in [0, 0.1) is 0 Å². The molecule has 0 aliphatic carbocycles. The Kier molecular flexibility index (Phi) is 7.77. The van der Waals surface area contributed by atoms with E-state index in [1.54, 1.807) is 22.9 Å². The summed E-state index contributed by atoms with van der Waals surface area (Å²) in [6.07, 6.45) is -0.157. The van der Waals surface area contributed by atoms with Crippen LogP contribution in [0.1, 0.15) is 81.6 Å². The van der Waals surface area contributed by atoms with E-state index in [0.29, 0.717) is 27.4 Å². The van der Waals surface area contributed by atoms with E-state index in [9.17, 15) is 9.90 Å². The summed E-state index contributed by atoms with van der Waals surface area (Å²) in [6.45, 7) is 10.3. The first-order valence-electron chi connectivity index (χ1n) is 10.8. The zero-order chi connectivity index (χ0) is 24.3. The van der Waals surface area contributed by atoms with Crippen molar-refractivity contribution in [2.45, 2.75) is 64.6 Å². The molecule has 0 saturated carbocycles. The summed E-state index contributed by atoms with van der Waals surface area (Å²) < 4.78 is 1.76. The van der Waals surface area contributed by atoms with E-state index < -0.39 is 18.1 Å². The number of carbonyl (C=O) groups is 1. The summed E-state index contributed by atoms with van der Waals surface area (Å²) >= 11 is 12.3. The van der Waals surface area contributed by atoms with Gasteiger partial charge in [-0.3, -0.25) is 10.1 Å². The fourth-order valence-electron chi connectivity index (χ4n) is 3.62. The highest BCUT2D eigenvalue weighted by molar-refractivity contribution is 6.42. The smallest absolute Gasteiger partial charge is 0.305 e. The number of rotatable bonds is 8. The van der Waals surface area contributed by atoms with E-state index in [4.69, 9.17) is 23.2 Å². The third kappa shape index (κ3) is 6.10. The van der Waals surface area contributed by atoms with Crippen molar-refractivity contribution in [1.29, 1.82) is 0 Å². The van der Waals surface area contributed by atoms with Gasteiger partial charge in [0.15, 0.2) is 5.82 Å². The predicted octanol–water partition coefficient (Wildman–Crippen LogP) is 5.75. The van der Waals surface area contributed by atoms with Crippen LogP contribution in [0.15, 0.2) is 42.5 Å². The Bertz CT molecular complexity index is 1110. The van der Waals surface area contributed by atoms with Crippen molar-refractivity contribution in [1.82, 2.24) is 25.5 Å². The quantitative estimate of drug-likeness (QED) is 0.418. The number of halogens is 2. The third-order valence-electron chi connectivity index (χ3n) is 5.42. The summed E-state index contributed by atoms with van der Waals surface area (Å²) in [5.41, 5.74) is 2.47. The van der Waals surface area contributed by atoms with Crippen molar-refractivity contribution in [3.05, 3.63) is 75.0 Å². The molecule has 3 aromatic rings. The lowest BCUT2D eigenvalue weighted by molar-refractivity contribution is -0.137. The summed E-state index contributed by atoms with van der Waals surface area (Å²) in [5, 5.41) is 26.3. The van der Waals surface area contributed by atoms with Gasteiger partial charge in [0.1, 0.15) is 0 Å². The number of carboxylic acids is 1. The lowest BCUT2D eigenvalue weighted by Crippen LogP contribution is -2.34. The molecule has 0 amide bonds. The van der Waals surface area contributed by atoms with Crippen LogP contribution < -0.4 is 5.32 Å². The minimum absolute atomic E-state index is 0.157. The minimum atomic E-state index is -0.942. The second-order valence-corrected chi connectivity index (χ2v) is 10.2. The molecule has 3 rings (SSSR count). The van der Waals surface area contributed by atoms with Gasteiger partial charge < -0.3 is 5.11 Å². The monoisotopic (exact) mass is 489 g/mol. The summed E-state index contributed by atoms with van der Waals surface area (Å²) in [7, 11) is 0. The summed E-state index contributed by atoms with van der Waals surface area (Å²) in [5.74, 6) is 0.0412. The highest BCUT2D eigenvalue weighted by Gasteiger charge is 2.30. The molecule has 0 aliphatic rings. The molecule has 0 spiro atoms. The Morgan fingerprint density at radius 1 is 1.03 bits per heavy atom. The summed E-state index contributed by atoms with van der Waals surface area (Å²) in [6, 6.07) is 12.3. The lowest BCUT2D eigenvalue weighted by Gasteiger charge is -2.28. The van der Waals surface area contributed by atoms with Gasteiger partial charge in [-0.15, -0.1) is 5.10 Å². The third-order valence-corrected chi connectivity index (χ3v) is 6.16. The van der Waals surface area contributed by atoms with Crippen molar-refractivity contribution in [3.8, 4) is 0 Å². The normalized spacial score (nSPS) is 13.8. The number of nitrogens with zero attached hydrogens (tertiary/aromatic N) is 4. The zero-order valence-electron chi connectivity index (χ0n) is 19.4. The molecule has 2 atom stereocenters. The molecule has 0 radical (unpaired) electrons. The van der Waals surface area contributed by atoms with Crippen LogP contribution in [0.4, 0.5) is 0 Å². The van der Waals surface area contributed by atoms with E-state index in [1.807, 2.05) is 32.9 Å². The molecular formula is C24H29Cl2N5O2. The molecule has 1 aromatic heterocycles. The van der Waals surface area contributed by atoms with Crippen molar-refractivity contribution >= 4 is 29.2 Å². The Labute approximate surface area is 204 Å². The van der Waals surface area contributed by atoms with E-state index in [2.05, 4.69) is 46.8 Å². The molecular weight excluding hydrogens is 461 g/mol. The van der Waals surface area contributed by atoms with E-state index >= 15 is 0 Å². The van der Waals surface area contributed by atoms with Gasteiger partial charge in [0, 0.05) is 6.04 Å². The average molecular weight is 490 g/mol. The van der Waals surface area contributed by atoms with Gasteiger partial charge in [0.25, 0.3) is 0 Å². The maximum atomic E-state index is 11.7. The Hall–Kier alpha value is -2.48. The van der Waals surface area contributed by atoms with Crippen LogP contribution in [-0.2, 0) is 10.3 Å². The summed E-state index contributed by atoms with van der Waals surface area (Å²) in [4.78, 5) is 11.7. The van der Waals surface area contributed by atoms with E-state index in [-0.39, 0.29) is 12.0 Å². The van der Waals surface area contributed by atoms with Gasteiger partial charge in [-0.2, -0.15) is 0 Å². The van der Waals surface area contributed by atoms with Gasteiger partial charge in [-0.05, 0) is 65.9 Å². The molecule has 2 unspecified atom stereocenters. The molecule has 2 N–H and O–H groups in total. The van der Waals surface area contributed by atoms with Crippen molar-refractivity contribution in [3.63, 3.8) is 0 Å². The first-order chi connectivity index (χ1) is 15.5.